The Morgan fingerprint density at radius 3 is 2.33 bits per heavy atom. The Bertz CT molecular complexity index is 1010. The maximum Gasteiger partial charge on any atom is 0.252 e. The zero-order valence-electron chi connectivity index (χ0n) is 16.5. The van der Waals surface area contributed by atoms with E-state index in [1.165, 1.54) is 42.0 Å². The molecular formula is C24H23FN2O2S. The molecular weight excluding hydrogens is 399 g/mol. The molecule has 4 nitrogen and oxygen atoms in total. The second-order valence-corrected chi connectivity index (χ2v) is 8.35. The Kier molecular flexibility index (Phi) is 6.35. The number of halogens is 1. The Morgan fingerprint density at radius 1 is 0.967 bits per heavy atom. The predicted molar refractivity (Wildman–Crippen MR) is 116 cm³/mol. The molecule has 1 aliphatic heterocycles. The highest BCUT2D eigenvalue weighted by atomic mass is 32.1. The molecule has 1 fully saturated rings. The average Bonchev–Trinajstić information content (AvgIpc) is 3.49. The van der Waals surface area contributed by atoms with Gasteiger partial charge < -0.3 is 5.32 Å². The van der Waals surface area contributed by atoms with Crippen LogP contribution in [-0.2, 0) is 0 Å². The number of hydrogen-bond donors (Lipinski definition) is 1. The first-order valence-electron chi connectivity index (χ1n) is 10.1. The maximum absolute atomic E-state index is 13.2. The molecule has 1 unspecified atom stereocenters. The zero-order chi connectivity index (χ0) is 20.9. The number of nitrogens with zero attached hydrogens (tertiary/aromatic N) is 1. The first-order chi connectivity index (χ1) is 14.6. The van der Waals surface area contributed by atoms with Gasteiger partial charge in [-0.15, -0.1) is 11.3 Å². The number of benzene rings is 2. The molecule has 154 valence electrons. The van der Waals surface area contributed by atoms with Crippen molar-refractivity contribution in [2.45, 2.75) is 18.9 Å². The van der Waals surface area contributed by atoms with Gasteiger partial charge in [-0.25, -0.2) is 4.39 Å². The lowest BCUT2D eigenvalue weighted by molar-refractivity contribution is 0.0928. The van der Waals surface area contributed by atoms with Crippen molar-refractivity contribution in [3.05, 3.63) is 93.4 Å². The van der Waals surface area contributed by atoms with Crippen molar-refractivity contribution >= 4 is 23.0 Å². The van der Waals surface area contributed by atoms with Gasteiger partial charge in [-0.05, 0) is 67.7 Å². The van der Waals surface area contributed by atoms with Crippen LogP contribution in [0.25, 0.3) is 0 Å². The summed E-state index contributed by atoms with van der Waals surface area (Å²) in [6, 6.07) is 16.4. The maximum atomic E-state index is 13.2. The Balaban J connectivity index is 1.52. The molecule has 2 heterocycles. The highest BCUT2D eigenvalue weighted by molar-refractivity contribution is 7.10. The average molecular weight is 423 g/mol. The minimum Gasteiger partial charge on any atom is -0.350 e. The minimum atomic E-state index is -0.404. The second-order valence-electron chi connectivity index (χ2n) is 7.37. The number of amides is 1. The summed E-state index contributed by atoms with van der Waals surface area (Å²) in [7, 11) is 0. The molecule has 30 heavy (non-hydrogen) atoms. The number of likely N-dealkylation sites (tertiary alicyclic amines) is 1. The van der Waals surface area contributed by atoms with Crippen molar-refractivity contribution in [2.75, 3.05) is 19.6 Å². The van der Waals surface area contributed by atoms with E-state index < -0.39 is 5.82 Å². The molecule has 0 radical (unpaired) electrons. The molecule has 0 spiro atoms. The minimum absolute atomic E-state index is 0.136. The summed E-state index contributed by atoms with van der Waals surface area (Å²) < 4.78 is 13.2. The molecule has 1 N–H and O–H groups in total. The van der Waals surface area contributed by atoms with Crippen molar-refractivity contribution in [1.82, 2.24) is 10.2 Å². The molecule has 3 aromatic rings. The number of rotatable bonds is 7. The van der Waals surface area contributed by atoms with Crippen LogP contribution in [0.5, 0.6) is 0 Å². The summed E-state index contributed by atoms with van der Waals surface area (Å²) in [6.45, 7) is 2.54. The highest BCUT2D eigenvalue weighted by Crippen LogP contribution is 2.28. The largest absolute Gasteiger partial charge is 0.350 e. The summed E-state index contributed by atoms with van der Waals surface area (Å²) in [5, 5.41) is 5.09. The van der Waals surface area contributed by atoms with E-state index in [4.69, 9.17) is 0 Å². The van der Waals surface area contributed by atoms with Crippen LogP contribution in [0.1, 0.15) is 50.0 Å². The smallest absolute Gasteiger partial charge is 0.252 e. The highest BCUT2D eigenvalue weighted by Gasteiger charge is 2.25. The van der Waals surface area contributed by atoms with E-state index >= 15 is 0 Å². The molecule has 1 aliphatic rings. The van der Waals surface area contributed by atoms with Crippen LogP contribution in [0, 0.1) is 5.82 Å². The third-order valence-electron chi connectivity index (χ3n) is 5.43. The van der Waals surface area contributed by atoms with Gasteiger partial charge in [-0.3, -0.25) is 14.5 Å². The number of thiophene rings is 1. The lowest BCUT2D eigenvalue weighted by Gasteiger charge is -2.27. The van der Waals surface area contributed by atoms with Gasteiger partial charge in [0.25, 0.3) is 5.91 Å². The number of carbonyl (C=O) groups is 2. The van der Waals surface area contributed by atoms with E-state index in [2.05, 4.69) is 21.7 Å². The molecule has 4 rings (SSSR count). The first-order valence-corrected chi connectivity index (χ1v) is 11.0. The molecule has 0 aliphatic carbocycles. The van der Waals surface area contributed by atoms with Crippen LogP contribution in [0.4, 0.5) is 4.39 Å². The van der Waals surface area contributed by atoms with Gasteiger partial charge in [0.05, 0.1) is 11.6 Å². The van der Waals surface area contributed by atoms with E-state index in [1.54, 1.807) is 35.6 Å². The summed E-state index contributed by atoms with van der Waals surface area (Å²) in [5.74, 6) is -0.976. The fraction of sp³-hybridized carbons (Fsp3) is 0.250. The Hall–Kier alpha value is -2.83. The zero-order valence-corrected chi connectivity index (χ0v) is 17.3. The molecule has 1 amide bonds. The van der Waals surface area contributed by atoms with Crippen molar-refractivity contribution in [2.24, 2.45) is 0 Å². The van der Waals surface area contributed by atoms with Crippen molar-refractivity contribution in [3.8, 4) is 0 Å². The second kappa shape index (κ2) is 9.32. The Morgan fingerprint density at radius 2 is 1.67 bits per heavy atom. The standard InChI is InChI=1S/C24H23FN2O2S/c25-18-11-9-17(10-12-18)23(28)19-6-1-2-7-20(19)24(29)26-16-21(22-8-5-15-30-22)27-13-3-4-14-27/h1-2,5-12,15,21H,3-4,13-14,16H2,(H,26,29). The fourth-order valence-electron chi connectivity index (χ4n) is 3.86. The molecule has 0 bridgehead atoms. The van der Waals surface area contributed by atoms with Crippen molar-refractivity contribution in [3.63, 3.8) is 0 Å². The molecule has 6 heteroatoms. The topological polar surface area (TPSA) is 49.4 Å². The summed E-state index contributed by atoms with van der Waals surface area (Å²) in [6.07, 6.45) is 2.34. The molecule has 2 aromatic carbocycles. The molecule has 1 saturated heterocycles. The van der Waals surface area contributed by atoms with Gasteiger partial charge in [-0.1, -0.05) is 24.3 Å². The van der Waals surface area contributed by atoms with E-state index in [0.717, 1.165) is 13.1 Å². The summed E-state index contributed by atoms with van der Waals surface area (Å²) in [4.78, 5) is 29.5. The Labute approximate surface area is 179 Å². The predicted octanol–water partition coefficient (Wildman–Crippen LogP) is 4.69. The van der Waals surface area contributed by atoms with Gasteiger partial charge in [0.1, 0.15) is 5.82 Å². The monoisotopic (exact) mass is 422 g/mol. The van der Waals surface area contributed by atoms with Crippen molar-refractivity contribution < 1.29 is 14.0 Å². The van der Waals surface area contributed by atoms with Crippen LogP contribution in [0.15, 0.2) is 66.0 Å². The number of carbonyl (C=O) groups excluding carboxylic acids is 2. The first kappa shape index (κ1) is 20.4. The summed E-state index contributed by atoms with van der Waals surface area (Å²) >= 11 is 1.69. The number of ketones is 1. The van der Waals surface area contributed by atoms with Crippen LogP contribution in [0.2, 0.25) is 0 Å². The van der Waals surface area contributed by atoms with Crippen LogP contribution < -0.4 is 5.32 Å². The van der Waals surface area contributed by atoms with E-state index in [9.17, 15) is 14.0 Å². The van der Waals surface area contributed by atoms with Crippen molar-refractivity contribution in [1.29, 1.82) is 0 Å². The van der Waals surface area contributed by atoms with Crippen LogP contribution >= 0.6 is 11.3 Å². The normalized spacial score (nSPS) is 15.1. The van der Waals surface area contributed by atoms with Gasteiger partial charge in [0.2, 0.25) is 0 Å². The lowest BCUT2D eigenvalue weighted by atomic mass is 9.98. The van der Waals surface area contributed by atoms with Gasteiger partial charge in [-0.2, -0.15) is 0 Å². The van der Waals surface area contributed by atoms with E-state index in [0.29, 0.717) is 23.2 Å². The number of hydrogen-bond acceptors (Lipinski definition) is 4. The van der Waals surface area contributed by atoms with Crippen LogP contribution in [-0.4, -0.2) is 36.2 Å². The van der Waals surface area contributed by atoms with E-state index in [1.807, 2.05) is 6.07 Å². The van der Waals surface area contributed by atoms with Gasteiger partial charge in [0.15, 0.2) is 5.78 Å². The van der Waals surface area contributed by atoms with Gasteiger partial charge >= 0.3 is 0 Å². The third-order valence-corrected chi connectivity index (χ3v) is 6.41. The molecule has 1 atom stereocenters. The number of nitrogens with one attached hydrogen (secondary N) is 1. The van der Waals surface area contributed by atoms with Gasteiger partial charge in [0, 0.05) is 22.5 Å². The lowest BCUT2D eigenvalue weighted by Crippen LogP contribution is -2.36. The third kappa shape index (κ3) is 4.50. The molecule has 0 saturated carbocycles. The quantitative estimate of drug-likeness (QED) is 0.562. The fourth-order valence-corrected chi connectivity index (χ4v) is 4.73. The molecule has 1 aromatic heterocycles. The SMILES string of the molecule is O=C(NCC(c1cccs1)N1CCCC1)c1ccccc1C(=O)c1ccc(F)cc1. The summed E-state index contributed by atoms with van der Waals surface area (Å²) in [5.41, 5.74) is 0.999. The van der Waals surface area contributed by atoms with E-state index in [-0.39, 0.29) is 17.7 Å². The van der Waals surface area contributed by atoms with Crippen LogP contribution in [0.3, 0.4) is 0 Å².